The van der Waals surface area contributed by atoms with Crippen molar-refractivity contribution in [1.82, 2.24) is 9.55 Å². The number of nitrogens with one attached hydrogen (secondary N) is 1. The number of hydrogen-bond donors (Lipinski definition) is 2. The lowest BCUT2D eigenvalue weighted by Gasteiger charge is -2.09. The van der Waals surface area contributed by atoms with Crippen LogP contribution in [0.25, 0.3) is 0 Å². The van der Waals surface area contributed by atoms with Gasteiger partial charge in [-0.05, 0) is 25.0 Å². The van der Waals surface area contributed by atoms with E-state index in [0.29, 0.717) is 24.3 Å². The summed E-state index contributed by atoms with van der Waals surface area (Å²) in [5.74, 6) is -0.499. The van der Waals surface area contributed by atoms with Crippen LogP contribution in [0.15, 0.2) is 47.7 Å². The van der Waals surface area contributed by atoms with E-state index in [0.717, 1.165) is 12.8 Å². The molecule has 3 N–H and O–H groups in total. The minimum atomic E-state index is -0.499. The maximum atomic E-state index is 11.5. The van der Waals surface area contributed by atoms with Gasteiger partial charge in [-0.15, -0.1) is 0 Å². The highest BCUT2D eigenvalue weighted by molar-refractivity contribution is 5.98. The molecule has 0 saturated heterocycles. The first-order valence-corrected chi connectivity index (χ1v) is 6.81. The monoisotopic (exact) mass is 286 g/mol. The van der Waals surface area contributed by atoms with Crippen LogP contribution in [0, 0.1) is 0 Å². The number of carbonyl (C=O) groups is 1. The van der Waals surface area contributed by atoms with Gasteiger partial charge < -0.3 is 15.6 Å². The van der Waals surface area contributed by atoms with Crippen LogP contribution in [0.3, 0.4) is 0 Å². The highest BCUT2D eigenvalue weighted by atomic mass is 16.1. The van der Waals surface area contributed by atoms with E-state index in [-0.39, 0.29) is 5.56 Å². The fraction of sp³-hybridized carbons (Fsp3) is 0.267. The average Bonchev–Trinajstić information content (AvgIpc) is 2.49. The Kier molecular flexibility index (Phi) is 5.09. The molecule has 6 heteroatoms. The van der Waals surface area contributed by atoms with Gasteiger partial charge in [-0.2, -0.15) is 0 Å². The molecular weight excluding hydrogens is 268 g/mol. The number of nitrogens with zero attached hydrogens (tertiary/aromatic N) is 2. The van der Waals surface area contributed by atoms with Crippen LogP contribution in [0.2, 0.25) is 0 Å². The molecule has 0 spiro atoms. The van der Waals surface area contributed by atoms with E-state index in [1.54, 1.807) is 35.2 Å². The third-order valence-corrected chi connectivity index (χ3v) is 3.13. The van der Waals surface area contributed by atoms with Crippen molar-refractivity contribution in [2.75, 3.05) is 11.9 Å². The highest BCUT2D eigenvalue weighted by Crippen LogP contribution is 2.12. The van der Waals surface area contributed by atoms with Crippen molar-refractivity contribution in [3.05, 3.63) is 58.8 Å². The molecule has 0 bridgehead atoms. The number of unbranched alkanes of at least 4 members (excludes halogenated alkanes) is 1. The van der Waals surface area contributed by atoms with Crippen LogP contribution in [0.5, 0.6) is 0 Å². The summed E-state index contributed by atoms with van der Waals surface area (Å²) in [6, 6.07) is 6.85. The highest BCUT2D eigenvalue weighted by Gasteiger charge is 2.06. The lowest BCUT2D eigenvalue weighted by molar-refractivity contribution is 0.100. The standard InChI is InChI=1S/C15H18N4O2/c16-15(21)12-11-17-8-6-13(12)18-7-2-4-10-19-9-3-1-5-14(19)20/h1,3,5-6,8-9,11H,2,4,7,10H2,(H2,16,21)(H,17,18). The number of rotatable bonds is 7. The fourth-order valence-corrected chi connectivity index (χ4v) is 2.02. The Labute approximate surface area is 122 Å². The summed E-state index contributed by atoms with van der Waals surface area (Å²) in [5, 5.41) is 3.17. The van der Waals surface area contributed by atoms with Gasteiger partial charge in [0.15, 0.2) is 0 Å². The Morgan fingerprint density at radius 1 is 1.29 bits per heavy atom. The zero-order valence-corrected chi connectivity index (χ0v) is 11.7. The second-order valence-electron chi connectivity index (χ2n) is 4.65. The molecule has 0 unspecified atom stereocenters. The number of primary amides is 1. The smallest absolute Gasteiger partial charge is 0.252 e. The number of nitrogens with two attached hydrogens (primary N) is 1. The first-order valence-electron chi connectivity index (χ1n) is 6.81. The second kappa shape index (κ2) is 7.23. The van der Waals surface area contributed by atoms with Crippen molar-refractivity contribution < 1.29 is 4.79 Å². The van der Waals surface area contributed by atoms with Crippen LogP contribution in [0.4, 0.5) is 5.69 Å². The third kappa shape index (κ3) is 4.17. The van der Waals surface area contributed by atoms with Gasteiger partial charge in [0.25, 0.3) is 5.91 Å². The summed E-state index contributed by atoms with van der Waals surface area (Å²) >= 11 is 0. The molecular formula is C15H18N4O2. The lowest BCUT2D eigenvalue weighted by atomic mass is 10.2. The Bertz CT molecular complexity index is 666. The molecule has 0 aliphatic rings. The number of carbonyl (C=O) groups excluding carboxylic acids is 1. The summed E-state index contributed by atoms with van der Waals surface area (Å²) in [5.41, 5.74) is 6.37. The quantitative estimate of drug-likeness (QED) is 0.749. The maximum absolute atomic E-state index is 11.5. The molecule has 0 radical (unpaired) electrons. The van der Waals surface area contributed by atoms with Crippen LogP contribution in [-0.2, 0) is 6.54 Å². The van der Waals surface area contributed by atoms with Gasteiger partial charge in [-0.3, -0.25) is 14.6 Å². The van der Waals surface area contributed by atoms with E-state index in [2.05, 4.69) is 10.3 Å². The van der Waals surface area contributed by atoms with E-state index < -0.39 is 5.91 Å². The molecule has 2 heterocycles. The molecule has 2 aromatic heterocycles. The second-order valence-corrected chi connectivity index (χ2v) is 4.65. The van der Waals surface area contributed by atoms with Crippen LogP contribution < -0.4 is 16.6 Å². The molecule has 0 aromatic carbocycles. The summed E-state index contributed by atoms with van der Waals surface area (Å²) in [7, 11) is 0. The summed E-state index contributed by atoms with van der Waals surface area (Å²) in [4.78, 5) is 26.6. The topological polar surface area (TPSA) is 90.0 Å². The molecule has 0 aliphatic heterocycles. The fourth-order valence-electron chi connectivity index (χ4n) is 2.02. The Balaban J connectivity index is 1.79. The van der Waals surface area contributed by atoms with E-state index in [9.17, 15) is 9.59 Å². The van der Waals surface area contributed by atoms with Crippen molar-refractivity contribution in [3.63, 3.8) is 0 Å². The summed E-state index contributed by atoms with van der Waals surface area (Å²) in [6.45, 7) is 1.38. The average molecular weight is 286 g/mol. The molecule has 2 aromatic rings. The predicted molar refractivity (Wildman–Crippen MR) is 81.2 cm³/mol. The molecule has 1 amide bonds. The van der Waals surface area contributed by atoms with E-state index in [4.69, 9.17) is 5.73 Å². The third-order valence-electron chi connectivity index (χ3n) is 3.13. The summed E-state index contributed by atoms with van der Waals surface area (Å²) < 4.78 is 1.68. The number of pyridine rings is 2. The summed E-state index contributed by atoms with van der Waals surface area (Å²) in [6.07, 6.45) is 6.59. The van der Waals surface area contributed by atoms with Crippen molar-refractivity contribution in [1.29, 1.82) is 0 Å². The number of aryl methyl sites for hydroxylation is 1. The molecule has 21 heavy (non-hydrogen) atoms. The van der Waals surface area contributed by atoms with E-state index in [1.807, 2.05) is 6.07 Å². The first-order chi connectivity index (χ1) is 10.2. The van der Waals surface area contributed by atoms with Gasteiger partial charge in [0.05, 0.1) is 11.3 Å². The van der Waals surface area contributed by atoms with Crippen molar-refractivity contribution >= 4 is 11.6 Å². The largest absolute Gasteiger partial charge is 0.384 e. The van der Waals surface area contributed by atoms with Crippen molar-refractivity contribution in [2.24, 2.45) is 5.73 Å². The van der Waals surface area contributed by atoms with Crippen LogP contribution in [0.1, 0.15) is 23.2 Å². The normalized spacial score (nSPS) is 10.3. The minimum absolute atomic E-state index is 0.00982. The number of amides is 1. The van der Waals surface area contributed by atoms with Crippen molar-refractivity contribution in [2.45, 2.75) is 19.4 Å². The van der Waals surface area contributed by atoms with E-state index >= 15 is 0 Å². The molecule has 2 rings (SSSR count). The molecule has 0 saturated carbocycles. The van der Waals surface area contributed by atoms with E-state index in [1.165, 1.54) is 6.20 Å². The van der Waals surface area contributed by atoms with Crippen LogP contribution in [-0.4, -0.2) is 22.0 Å². The van der Waals surface area contributed by atoms with Gasteiger partial charge in [-0.1, -0.05) is 6.07 Å². The van der Waals surface area contributed by atoms with Gasteiger partial charge in [0.2, 0.25) is 5.56 Å². The Morgan fingerprint density at radius 3 is 2.90 bits per heavy atom. The molecule has 0 fully saturated rings. The number of anilines is 1. The van der Waals surface area contributed by atoms with Crippen LogP contribution >= 0.6 is 0 Å². The zero-order valence-electron chi connectivity index (χ0n) is 11.7. The molecule has 110 valence electrons. The SMILES string of the molecule is NC(=O)c1cnccc1NCCCCn1ccccc1=O. The lowest BCUT2D eigenvalue weighted by Crippen LogP contribution is -2.18. The Hall–Kier alpha value is -2.63. The number of aromatic nitrogens is 2. The zero-order chi connectivity index (χ0) is 15.1. The van der Waals surface area contributed by atoms with Gasteiger partial charge in [0.1, 0.15) is 0 Å². The molecule has 0 aliphatic carbocycles. The first kappa shape index (κ1) is 14.8. The van der Waals surface area contributed by atoms with Crippen molar-refractivity contribution in [3.8, 4) is 0 Å². The minimum Gasteiger partial charge on any atom is -0.384 e. The molecule has 0 atom stereocenters. The predicted octanol–water partition coefficient (Wildman–Crippen LogP) is 1.23. The van der Waals surface area contributed by atoms with Gasteiger partial charge in [-0.25, -0.2) is 0 Å². The maximum Gasteiger partial charge on any atom is 0.252 e. The molecule has 6 nitrogen and oxygen atoms in total. The Morgan fingerprint density at radius 2 is 2.14 bits per heavy atom. The van der Waals surface area contributed by atoms with Gasteiger partial charge in [0, 0.05) is 37.7 Å². The number of hydrogen-bond acceptors (Lipinski definition) is 4. The van der Waals surface area contributed by atoms with Gasteiger partial charge >= 0.3 is 0 Å².